The minimum Gasteiger partial charge on any atom is -0.478 e. The fraction of sp³-hybridized carbons (Fsp3) is 0.538. The van der Waals surface area contributed by atoms with Gasteiger partial charge in [-0.3, -0.25) is 9.59 Å². The number of imidazole rings is 1. The van der Waals surface area contributed by atoms with Crippen molar-refractivity contribution in [1.29, 1.82) is 0 Å². The molecule has 3 rings (SSSR count). The van der Waals surface area contributed by atoms with Crippen molar-refractivity contribution in [3.8, 4) is 22.5 Å². The van der Waals surface area contributed by atoms with Crippen LogP contribution in [0.3, 0.4) is 0 Å². The van der Waals surface area contributed by atoms with Gasteiger partial charge in [0.1, 0.15) is 5.82 Å². The van der Waals surface area contributed by atoms with E-state index < -0.39 is 5.97 Å². The van der Waals surface area contributed by atoms with Gasteiger partial charge in [0.25, 0.3) is 0 Å². The summed E-state index contributed by atoms with van der Waals surface area (Å²) in [6.45, 7) is 5.86. The molecule has 60 heavy (non-hydrogen) atoms. The van der Waals surface area contributed by atoms with Gasteiger partial charge in [-0.05, 0) is 42.2 Å². The lowest BCUT2D eigenvalue weighted by atomic mass is 10.0. The van der Waals surface area contributed by atoms with Crippen LogP contribution in [-0.4, -0.2) is 45.9 Å². The van der Waals surface area contributed by atoms with Crippen LogP contribution in [0.25, 0.3) is 40.7 Å². The molecule has 4 N–H and O–H groups in total. The number of carbonyl (C=O) groups is 3. The van der Waals surface area contributed by atoms with Gasteiger partial charge < -0.3 is 20.7 Å². The summed E-state index contributed by atoms with van der Waals surface area (Å²) in [7, 11) is 0. The summed E-state index contributed by atoms with van der Waals surface area (Å²) < 4.78 is 0. The molecule has 0 saturated heterocycles. The fourth-order valence-corrected chi connectivity index (χ4v) is 7.37. The zero-order chi connectivity index (χ0) is 42.9. The summed E-state index contributed by atoms with van der Waals surface area (Å²) in [6.07, 6.45) is 40.2. The lowest BCUT2D eigenvalue weighted by Crippen LogP contribution is -2.21. The molecular weight excluding hydrogens is 745 g/mol. The molecule has 8 heteroatoms. The van der Waals surface area contributed by atoms with E-state index in [9.17, 15) is 14.4 Å². The van der Waals surface area contributed by atoms with Gasteiger partial charge in [0.05, 0.1) is 11.4 Å². The van der Waals surface area contributed by atoms with Crippen molar-refractivity contribution < 1.29 is 19.5 Å². The van der Waals surface area contributed by atoms with Crippen molar-refractivity contribution in [1.82, 2.24) is 20.6 Å². The first-order valence-electron chi connectivity index (χ1n) is 23.5. The van der Waals surface area contributed by atoms with E-state index in [0.29, 0.717) is 18.9 Å². The first-order chi connectivity index (χ1) is 29.4. The number of aliphatic carboxylic acids is 1. The van der Waals surface area contributed by atoms with Crippen molar-refractivity contribution in [2.45, 2.75) is 168 Å². The predicted molar refractivity (Wildman–Crippen MR) is 252 cm³/mol. The second-order valence-electron chi connectivity index (χ2n) is 16.3. The maximum Gasteiger partial charge on any atom is 0.328 e. The van der Waals surface area contributed by atoms with Crippen molar-refractivity contribution in [3.05, 3.63) is 83.7 Å². The topological polar surface area (TPSA) is 124 Å². The number of carbonyl (C=O) groups excluding carboxylic acids is 2. The molecule has 3 aromatic rings. The molecule has 1 heterocycles. The first-order valence-corrected chi connectivity index (χ1v) is 23.5. The maximum absolute atomic E-state index is 12.7. The Bertz CT molecular complexity index is 1700. The van der Waals surface area contributed by atoms with Crippen LogP contribution in [-0.2, 0) is 14.4 Å². The van der Waals surface area contributed by atoms with Crippen LogP contribution >= 0.6 is 0 Å². The molecule has 8 nitrogen and oxygen atoms in total. The number of unbranched alkanes of at least 4 members (excludes halogenated alkanes) is 22. The lowest BCUT2D eigenvalue weighted by molar-refractivity contribution is -0.131. The van der Waals surface area contributed by atoms with Crippen molar-refractivity contribution >= 4 is 36.0 Å². The highest BCUT2D eigenvalue weighted by Crippen LogP contribution is 2.31. The number of aromatic amines is 1. The lowest BCUT2D eigenvalue weighted by Gasteiger charge is -2.05. The Morgan fingerprint density at radius 1 is 0.500 bits per heavy atom. The number of nitrogens with zero attached hydrogens (tertiary/aromatic N) is 1. The summed E-state index contributed by atoms with van der Waals surface area (Å²) in [5.74, 6) is -0.699. The summed E-state index contributed by atoms with van der Waals surface area (Å²) in [5.41, 5.74) is 4.91. The third kappa shape index (κ3) is 22.6. The first kappa shape index (κ1) is 49.6. The number of hydrogen-bond acceptors (Lipinski definition) is 4. The normalized spacial score (nSPS) is 11.6. The Morgan fingerprint density at radius 2 is 0.867 bits per heavy atom. The minimum absolute atomic E-state index is 0.0889. The van der Waals surface area contributed by atoms with Crippen LogP contribution in [0, 0.1) is 0 Å². The maximum atomic E-state index is 12.7. The summed E-state index contributed by atoms with van der Waals surface area (Å²) in [4.78, 5) is 44.5. The van der Waals surface area contributed by atoms with Gasteiger partial charge in [0.15, 0.2) is 0 Å². The second-order valence-corrected chi connectivity index (χ2v) is 16.3. The highest BCUT2D eigenvalue weighted by molar-refractivity contribution is 5.92. The largest absolute Gasteiger partial charge is 0.478 e. The molecule has 0 spiro atoms. The number of hydrogen-bond donors (Lipinski definition) is 4. The highest BCUT2D eigenvalue weighted by Gasteiger charge is 2.14. The molecule has 0 aliphatic carbocycles. The van der Waals surface area contributed by atoms with Crippen LogP contribution in [0.1, 0.15) is 185 Å². The van der Waals surface area contributed by atoms with Gasteiger partial charge in [-0.25, -0.2) is 9.78 Å². The van der Waals surface area contributed by atoms with Gasteiger partial charge in [0.2, 0.25) is 11.8 Å². The third-order valence-corrected chi connectivity index (χ3v) is 11.0. The van der Waals surface area contributed by atoms with Crippen LogP contribution in [0.15, 0.2) is 66.8 Å². The summed E-state index contributed by atoms with van der Waals surface area (Å²) in [6, 6.07) is 15.4. The Hall–Kier alpha value is -4.72. The van der Waals surface area contributed by atoms with Crippen molar-refractivity contribution in [2.24, 2.45) is 0 Å². The van der Waals surface area contributed by atoms with E-state index in [2.05, 4.69) is 29.5 Å². The number of aromatic nitrogens is 2. The van der Waals surface area contributed by atoms with Gasteiger partial charge in [0, 0.05) is 42.4 Å². The van der Waals surface area contributed by atoms with E-state index in [1.807, 2.05) is 54.6 Å². The number of rotatable bonds is 34. The Balaban J connectivity index is 1.47. The summed E-state index contributed by atoms with van der Waals surface area (Å²) in [5, 5.41) is 15.0. The van der Waals surface area contributed by atoms with Crippen LogP contribution < -0.4 is 10.6 Å². The molecule has 328 valence electrons. The molecular formula is C52H76N4O4. The quantitative estimate of drug-likeness (QED) is 0.0353. The molecule has 2 amide bonds. The van der Waals surface area contributed by atoms with E-state index in [1.54, 1.807) is 18.2 Å². The molecule has 0 bridgehead atoms. The molecule has 0 aliphatic rings. The van der Waals surface area contributed by atoms with Crippen molar-refractivity contribution in [3.63, 3.8) is 0 Å². The van der Waals surface area contributed by atoms with Gasteiger partial charge >= 0.3 is 5.97 Å². The predicted octanol–water partition coefficient (Wildman–Crippen LogP) is 13.5. The van der Waals surface area contributed by atoms with E-state index >= 15 is 0 Å². The van der Waals surface area contributed by atoms with Crippen LogP contribution in [0.2, 0.25) is 0 Å². The number of carboxylic acids is 1. The highest BCUT2D eigenvalue weighted by atomic mass is 16.4. The average Bonchev–Trinajstić information content (AvgIpc) is 3.69. The molecule has 0 atom stereocenters. The standard InChI is InChI=1S/C52H76N4O4/c1-3-5-7-9-11-13-15-16-17-18-20-22-23-25-41-53-48(57)38-31-43-27-33-45(34-28-43)51-52(46-35-29-44(30-36-46)32-40-50(59)60)56-47(55-51)37-39-49(58)54-42-26-24-21-19-14-12-10-8-6-4-2/h27-40H,3-26,41-42H2,1-2H3,(H,53,57)(H,54,58)(H,55,56)(H,59,60)/b38-31+,39-37+,40-32+. The molecule has 0 fully saturated rings. The zero-order valence-corrected chi connectivity index (χ0v) is 37.1. The monoisotopic (exact) mass is 821 g/mol. The molecule has 0 aliphatic heterocycles. The molecule has 0 saturated carbocycles. The average molecular weight is 821 g/mol. The molecule has 0 radical (unpaired) electrons. The Morgan fingerprint density at radius 3 is 1.28 bits per heavy atom. The van der Waals surface area contributed by atoms with Crippen molar-refractivity contribution in [2.75, 3.05) is 13.1 Å². The summed E-state index contributed by atoms with van der Waals surface area (Å²) >= 11 is 0. The fourth-order valence-electron chi connectivity index (χ4n) is 7.37. The smallest absolute Gasteiger partial charge is 0.328 e. The molecule has 0 unspecified atom stereocenters. The van der Waals surface area contributed by atoms with Crippen LogP contribution in [0.5, 0.6) is 0 Å². The second kappa shape index (κ2) is 32.1. The zero-order valence-electron chi connectivity index (χ0n) is 37.1. The van der Waals surface area contributed by atoms with Gasteiger partial charge in [-0.2, -0.15) is 0 Å². The van der Waals surface area contributed by atoms with Gasteiger partial charge in [-0.1, -0.05) is 204 Å². The molecule has 2 aromatic carbocycles. The van der Waals surface area contributed by atoms with E-state index in [4.69, 9.17) is 10.1 Å². The Kier molecular flexibility index (Phi) is 26.6. The van der Waals surface area contributed by atoms with Gasteiger partial charge in [-0.15, -0.1) is 0 Å². The van der Waals surface area contributed by atoms with Crippen LogP contribution in [0.4, 0.5) is 0 Å². The molecule has 1 aromatic heterocycles. The number of nitrogens with one attached hydrogen (secondary N) is 3. The number of H-pyrrole nitrogens is 1. The van der Waals surface area contributed by atoms with E-state index in [-0.39, 0.29) is 11.8 Å². The minimum atomic E-state index is -1.00. The van der Waals surface area contributed by atoms with E-state index in [0.717, 1.165) is 65.4 Å². The number of amides is 2. The third-order valence-electron chi connectivity index (χ3n) is 11.0. The Labute approximate surface area is 362 Å². The SMILES string of the molecule is CCCCCCCCCCCCCCCCNC(=O)/C=C/c1ccc(-c2nc(/C=C/C(=O)NCCCCCCCCCCCC)[nH]c2-c2ccc(/C=C/C(=O)O)cc2)cc1. The van der Waals surface area contributed by atoms with E-state index in [1.165, 1.54) is 134 Å². The number of benzene rings is 2. The number of carboxylic acid groups (broad SMARTS) is 1.